The van der Waals surface area contributed by atoms with Crippen LogP contribution in [-0.4, -0.2) is 29.7 Å². The van der Waals surface area contributed by atoms with Crippen LogP contribution in [0.2, 0.25) is 0 Å². The summed E-state index contributed by atoms with van der Waals surface area (Å²) in [5.41, 5.74) is 10.0. The van der Waals surface area contributed by atoms with E-state index in [4.69, 9.17) is 5.73 Å². The van der Waals surface area contributed by atoms with E-state index >= 15 is 0 Å². The molecular formula is C16H20N4OS. The Labute approximate surface area is 133 Å². The SMILES string of the molecule is Nc1cc(N2CCCC2)ccc1-c1nc2c(s1)CNCC2O. The van der Waals surface area contributed by atoms with Crippen LogP contribution in [-0.2, 0) is 6.54 Å². The Morgan fingerprint density at radius 1 is 1.32 bits per heavy atom. The minimum Gasteiger partial charge on any atom is -0.398 e. The quantitative estimate of drug-likeness (QED) is 0.740. The summed E-state index contributed by atoms with van der Waals surface area (Å²) in [6, 6.07) is 6.24. The Balaban J connectivity index is 1.68. The summed E-state index contributed by atoms with van der Waals surface area (Å²) >= 11 is 1.62. The first kappa shape index (κ1) is 14.0. The number of hydrogen-bond acceptors (Lipinski definition) is 6. The van der Waals surface area contributed by atoms with Crippen molar-refractivity contribution in [2.24, 2.45) is 0 Å². The number of anilines is 2. The van der Waals surface area contributed by atoms with Gasteiger partial charge in [0.2, 0.25) is 0 Å². The third-order valence-corrected chi connectivity index (χ3v) is 5.51. The highest BCUT2D eigenvalue weighted by molar-refractivity contribution is 7.15. The predicted octanol–water partition coefficient (Wildman–Crippen LogP) is 2.13. The van der Waals surface area contributed by atoms with Crippen LogP contribution in [0.25, 0.3) is 10.6 Å². The van der Waals surface area contributed by atoms with Crippen LogP contribution in [0, 0.1) is 0 Å². The molecule has 1 unspecified atom stereocenters. The lowest BCUT2D eigenvalue weighted by molar-refractivity contribution is 0.161. The van der Waals surface area contributed by atoms with Gasteiger partial charge in [0.15, 0.2) is 0 Å². The van der Waals surface area contributed by atoms with E-state index in [0.29, 0.717) is 6.54 Å². The van der Waals surface area contributed by atoms with E-state index in [1.54, 1.807) is 11.3 Å². The second-order valence-corrected chi connectivity index (χ2v) is 7.02. The Morgan fingerprint density at radius 2 is 2.14 bits per heavy atom. The maximum Gasteiger partial charge on any atom is 0.126 e. The summed E-state index contributed by atoms with van der Waals surface area (Å²) in [5, 5.41) is 14.1. The van der Waals surface area contributed by atoms with Crippen molar-refractivity contribution in [1.82, 2.24) is 10.3 Å². The average Bonchev–Trinajstić information content (AvgIpc) is 3.17. The largest absolute Gasteiger partial charge is 0.398 e. The van der Waals surface area contributed by atoms with Crippen molar-refractivity contribution in [3.05, 3.63) is 28.8 Å². The molecule has 4 rings (SSSR count). The van der Waals surface area contributed by atoms with Crippen LogP contribution in [0.1, 0.15) is 29.5 Å². The predicted molar refractivity (Wildman–Crippen MR) is 90.1 cm³/mol. The van der Waals surface area contributed by atoms with Gasteiger partial charge in [-0.3, -0.25) is 0 Å². The number of nitrogens with zero attached hydrogens (tertiary/aromatic N) is 2. The van der Waals surface area contributed by atoms with E-state index in [2.05, 4.69) is 33.4 Å². The molecule has 1 aromatic carbocycles. The molecule has 1 fully saturated rings. The molecule has 2 aromatic rings. The monoisotopic (exact) mass is 316 g/mol. The Kier molecular flexibility index (Phi) is 3.52. The van der Waals surface area contributed by atoms with Crippen LogP contribution < -0.4 is 16.0 Å². The summed E-state index contributed by atoms with van der Waals surface area (Å²) in [7, 11) is 0. The number of aliphatic hydroxyl groups excluding tert-OH is 1. The number of nitrogens with one attached hydrogen (secondary N) is 1. The molecule has 0 aliphatic carbocycles. The number of fused-ring (bicyclic) bond motifs is 1. The zero-order chi connectivity index (χ0) is 15.1. The summed E-state index contributed by atoms with van der Waals surface area (Å²) in [6.45, 7) is 3.57. The van der Waals surface area contributed by atoms with Crippen molar-refractivity contribution in [2.75, 3.05) is 30.3 Å². The van der Waals surface area contributed by atoms with Crippen molar-refractivity contribution in [3.63, 3.8) is 0 Å². The zero-order valence-corrected chi connectivity index (χ0v) is 13.2. The molecule has 1 aromatic heterocycles. The third-order valence-electron chi connectivity index (χ3n) is 4.40. The van der Waals surface area contributed by atoms with Crippen molar-refractivity contribution >= 4 is 22.7 Å². The van der Waals surface area contributed by atoms with Crippen LogP contribution in [0.3, 0.4) is 0 Å². The minimum atomic E-state index is -0.515. The average molecular weight is 316 g/mol. The molecule has 0 spiro atoms. The Hall–Kier alpha value is -1.63. The van der Waals surface area contributed by atoms with Gasteiger partial charge in [0.25, 0.3) is 0 Å². The van der Waals surface area contributed by atoms with E-state index in [1.165, 1.54) is 18.5 Å². The number of aliphatic hydroxyl groups is 1. The highest BCUT2D eigenvalue weighted by Crippen LogP contribution is 2.37. The van der Waals surface area contributed by atoms with Gasteiger partial charge >= 0.3 is 0 Å². The molecule has 5 nitrogen and oxygen atoms in total. The first-order valence-electron chi connectivity index (χ1n) is 7.75. The molecule has 2 aliphatic rings. The maximum atomic E-state index is 10.0. The lowest BCUT2D eigenvalue weighted by Gasteiger charge is -2.18. The lowest BCUT2D eigenvalue weighted by atomic mass is 10.1. The van der Waals surface area contributed by atoms with E-state index in [1.807, 2.05) is 0 Å². The van der Waals surface area contributed by atoms with Gasteiger partial charge in [-0.05, 0) is 31.0 Å². The second-order valence-electron chi connectivity index (χ2n) is 5.94. The third kappa shape index (κ3) is 2.37. The zero-order valence-electron chi connectivity index (χ0n) is 12.4. The van der Waals surface area contributed by atoms with E-state index < -0.39 is 6.10 Å². The van der Waals surface area contributed by atoms with E-state index in [-0.39, 0.29) is 0 Å². The highest BCUT2D eigenvalue weighted by atomic mass is 32.1. The number of thiazole rings is 1. The molecule has 3 heterocycles. The number of aromatic nitrogens is 1. The molecule has 1 atom stereocenters. The van der Waals surface area contributed by atoms with Gasteiger partial charge < -0.3 is 21.1 Å². The molecule has 0 saturated carbocycles. The number of benzene rings is 1. The lowest BCUT2D eigenvalue weighted by Crippen LogP contribution is -2.27. The van der Waals surface area contributed by atoms with Crippen LogP contribution in [0.4, 0.5) is 11.4 Å². The second kappa shape index (κ2) is 5.53. The van der Waals surface area contributed by atoms with Gasteiger partial charge in [-0.2, -0.15) is 0 Å². The molecular weight excluding hydrogens is 296 g/mol. The smallest absolute Gasteiger partial charge is 0.126 e. The van der Waals surface area contributed by atoms with Crippen molar-refractivity contribution in [1.29, 1.82) is 0 Å². The molecule has 1 saturated heterocycles. The van der Waals surface area contributed by atoms with Crippen LogP contribution >= 0.6 is 11.3 Å². The molecule has 6 heteroatoms. The highest BCUT2D eigenvalue weighted by Gasteiger charge is 2.23. The fraction of sp³-hybridized carbons (Fsp3) is 0.438. The number of nitrogen functional groups attached to an aromatic ring is 1. The van der Waals surface area contributed by atoms with Crippen molar-refractivity contribution < 1.29 is 5.11 Å². The topological polar surface area (TPSA) is 74.4 Å². The molecule has 0 radical (unpaired) electrons. The fourth-order valence-electron chi connectivity index (χ4n) is 3.20. The summed E-state index contributed by atoms with van der Waals surface area (Å²) in [6.07, 6.45) is 2.00. The number of rotatable bonds is 2. The van der Waals surface area contributed by atoms with Crippen LogP contribution in [0.15, 0.2) is 18.2 Å². The number of β-amino-alcohol motifs (C(OH)–C–C–N with tert-alkyl or cyclic N) is 1. The molecule has 0 amide bonds. The first-order chi connectivity index (χ1) is 10.7. The van der Waals surface area contributed by atoms with Gasteiger partial charge in [0, 0.05) is 48.0 Å². The standard InChI is InChI=1S/C16H20N4OS/c17-12-7-10(20-5-1-2-6-20)3-4-11(12)16-19-15-13(21)8-18-9-14(15)22-16/h3-4,7,13,18,21H,1-2,5-6,8-9,17H2. The van der Waals surface area contributed by atoms with Gasteiger partial charge in [-0.25, -0.2) is 4.98 Å². The molecule has 2 aliphatic heterocycles. The molecule has 22 heavy (non-hydrogen) atoms. The molecule has 4 N–H and O–H groups in total. The van der Waals surface area contributed by atoms with E-state index in [9.17, 15) is 5.11 Å². The van der Waals surface area contributed by atoms with E-state index in [0.717, 1.165) is 46.5 Å². The van der Waals surface area contributed by atoms with Gasteiger partial charge in [0.1, 0.15) is 11.1 Å². The van der Waals surface area contributed by atoms with Crippen molar-refractivity contribution in [2.45, 2.75) is 25.5 Å². The number of nitrogens with two attached hydrogens (primary N) is 1. The Bertz CT molecular complexity index is 693. The van der Waals surface area contributed by atoms with Gasteiger partial charge in [-0.1, -0.05) is 0 Å². The normalized spacial score (nSPS) is 21.1. The van der Waals surface area contributed by atoms with Crippen molar-refractivity contribution in [3.8, 4) is 10.6 Å². The Morgan fingerprint density at radius 3 is 2.86 bits per heavy atom. The first-order valence-corrected chi connectivity index (χ1v) is 8.57. The molecule has 116 valence electrons. The number of hydrogen-bond donors (Lipinski definition) is 3. The molecule has 0 bridgehead atoms. The maximum absolute atomic E-state index is 10.0. The summed E-state index contributed by atoms with van der Waals surface area (Å²) in [5.74, 6) is 0. The summed E-state index contributed by atoms with van der Waals surface area (Å²) in [4.78, 5) is 8.11. The van der Waals surface area contributed by atoms with Gasteiger partial charge in [-0.15, -0.1) is 11.3 Å². The summed E-state index contributed by atoms with van der Waals surface area (Å²) < 4.78 is 0. The minimum absolute atomic E-state index is 0.515. The van der Waals surface area contributed by atoms with Crippen LogP contribution in [0.5, 0.6) is 0 Å². The van der Waals surface area contributed by atoms with Gasteiger partial charge in [0.05, 0.1) is 5.69 Å². The fourth-order valence-corrected chi connectivity index (χ4v) is 4.34.